The fourth-order valence-corrected chi connectivity index (χ4v) is 5.54. The average molecular weight is 390 g/mol. The van der Waals surface area contributed by atoms with Crippen LogP contribution in [0, 0.1) is 11.3 Å². The van der Waals surface area contributed by atoms with E-state index in [1.54, 1.807) is 0 Å². The third kappa shape index (κ3) is 4.11. The topological polar surface area (TPSA) is 73.5 Å². The van der Waals surface area contributed by atoms with Gasteiger partial charge in [-0.2, -0.15) is 5.10 Å². The zero-order valence-corrected chi connectivity index (χ0v) is 17.2. The smallest absolute Gasteiger partial charge is 0.227 e. The molecule has 1 aromatic rings. The Morgan fingerprint density at radius 2 is 2.21 bits per heavy atom. The van der Waals surface area contributed by atoms with Gasteiger partial charge in [0.05, 0.1) is 24.8 Å². The zero-order chi connectivity index (χ0) is 19.4. The van der Waals surface area contributed by atoms with Gasteiger partial charge in [-0.3, -0.25) is 14.8 Å². The second kappa shape index (κ2) is 8.93. The number of carbonyl (C=O) groups excluding carboxylic acids is 1. The average Bonchev–Trinajstić information content (AvgIpc) is 3.27. The van der Waals surface area contributed by atoms with Gasteiger partial charge in [0.15, 0.2) is 0 Å². The maximum absolute atomic E-state index is 13.4. The van der Waals surface area contributed by atoms with Gasteiger partial charge in [-0.25, -0.2) is 0 Å². The lowest BCUT2D eigenvalue weighted by Gasteiger charge is -2.53. The van der Waals surface area contributed by atoms with E-state index in [1.165, 1.54) is 0 Å². The Morgan fingerprint density at radius 1 is 1.36 bits per heavy atom. The molecule has 1 aliphatic carbocycles. The van der Waals surface area contributed by atoms with E-state index in [2.05, 4.69) is 32.2 Å². The molecular weight excluding hydrogens is 354 g/mol. The van der Waals surface area contributed by atoms with Gasteiger partial charge < -0.3 is 15.0 Å². The standard InChI is InChI=1S/C21H35N5O2/c1-2-25-8-5-18-13-19(26-9-11-28-12-10-26)3-6-21(18,16-25)20(27)22-7-4-17-14-23-24-15-17/h14-15,18-19H,2-13,16H2,1H3,(H,22,27)(H,23,24)/t18-,19+,21-/m1/s1. The largest absolute Gasteiger partial charge is 0.379 e. The van der Waals surface area contributed by atoms with Crippen LogP contribution in [-0.2, 0) is 16.0 Å². The molecule has 0 radical (unpaired) electrons. The first-order chi connectivity index (χ1) is 13.7. The third-order valence-electron chi connectivity index (χ3n) is 7.28. The highest BCUT2D eigenvalue weighted by Gasteiger charge is 2.52. The fraction of sp³-hybridized carbons (Fsp3) is 0.810. The highest BCUT2D eigenvalue weighted by Crippen LogP contribution is 2.47. The first-order valence-corrected chi connectivity index (χ1v) is 11.0. The van der Waals surface area contributed by atoms with Crippen molar-refractivity contribution in [3.63, 3.8) is 0 Å². The van der Waals surface area contributed by atoms with Gasteiger partial charge in [0.25, 0.3) is 0 Å². The summed E-state index contributed by atoms with van der Waals surface area (Å²) in [6.07, 6.45) is 9.00. The lowest BCUT2D eigenvalue weighted by atomic mass is 9.61. The summed E-state index contributed by atoms with van der Waals surface area (Å²) in [5.41, 5.74) is 0.928. The molecule has 7 nitrogen and oxygen atoms in total. The summed E-state index contributed by atoms with van der Waals surface area (Å²) in [7, 11) is 0. The van der Waals surface area contributed by atoms with E-state index < -0.39 is 0 Å². The number of aromatic amines is 1. The maximum atomic E-state index is 13.4. The van der Waals surface area contributed by atoms with Gasteiger partial charge in [0.1, 0.15) is 0 Å². The number of nitrogens with one attached hydrogen (secondary N) is 2. The molecular formula is C21H35N5O2. The van der Waals surface area contributed by atoms with E-state index >= 15 is 0 Å². The lowest BCUT2D eigenvalue weighted by Crippen LogP contribution is -2.61. The van der Waals surface area contributed by atoms with Crippen molar-refractivity contribution in [2.24, 2.45) is 11.3 Å². The minimum atomic E-state index is -0.215. The number of morpholine rings is 1. The normalized spacial score (nSPS) is 32.0. The number of likely N-dealkylation sites (tertiary alicyclic amines) is 1. The molecule has 2 N–H and O–H groups in total. The van der Waals surface area contributed by atoms with Gasteiger partial charge >= 0.3 is 0 Å². The first-order valence-electron chi connectivity index (χ1n) is 11.0. The van der Waals surface area contributed by atoms with Crippen LogP contribution in [0.4, 0.5) is 0 Å². The number of nitrogens with zero attached hydrogens (tertiary/aromatic N) is 3. The van der Waals surface area contributed by atoms with Crippen molar-refractivity contribution >= 4 is 5.91 Å². The molecule has 2 aliphatic heterocycles. The summed E-state index contributed by atoms with van der Waals surface area (Å²) in [5, 5.41) is 10.1. The molecule has 3 aliphatic rings. The Labute approximate surface area is 168 Å². The second-order valence-electron chi connectivity index (χ2n) is 8.70. The van der Waals surface area contributed by atoms with Crippen LogP contribution < -0.4 is 5.32 Å². The van der Waals surface area contributed by atoms with E-state index in [-0.39, 0.29) is 11.3 Å². The van der Waals surface area contributed by atoms with Crippen molar-refractivity contribution in [3.8, 4) is 0 Å². The van der Waals surface area contributed by atoms with Crippen LogP contribution in [0.25, 0.3) is 0 Å². The fourth-order valence-electron chi connectivity index (χ4n) is 5.54. The molecule has 3 heterocycles. The number of rotatable bonds is 6. The van der Waals surface area contributed by atoms with Crippen LogP contribution in [-0.4, -0.2) is 84.4 Å². The van der Waals surface area contributed by atoms with Crippen LogP contribution in [0.2, 0.25) is 0 Å². The Balaban J connectivity index is 1.42. The van der Waals surface area contributed by atoms with Crippen LogP contribution in [0.5, 0.6) is 0 Å². The van der Waals surface area contributed by atoms with Gasteiger partial charge in [0, 0.05) is 38.4 Å². The van der Waals surface area contributed by atoms with Crippen molar-refractivity contribution in [3.05, 3.63) is 18.0 Å². The number of hydrogen-bond acceptors (Lipinski definition) is 5. The summed E-state index contributed by atoms with van der Waals surface area (Å²) < 4.78 is 5.54. The van der Waals surface area contributed by atoms with Crippen molar-refractivity contribution in [1.29, 1.82) is 0 Å². The van der Waals surface area contributed by atoms with E-state index in [1.807, 2.05) is 12.4 Å². The number of fused-ring (bicyclic) bond motifs is 1. The molecule has 28 heavy (non-hydrogen) atoms. The van der Waals surface area contributed by atoms with Crippen LogP contribution >= 0.6 is 0 Å². The van der Waals surface area contributed by atoms with Crippen molar-refractivity contribution in [2.45, 2.75) is 45.1 Å². The monoisotopic (exact) mass is 389 g/mol. The molecule has 7 heteroatoms. The third-order valence-corrected chi connectivity index (χ3v) is 7.28. The molecule has 2 saturated heterocycles. The van der Waals surface area contributed by atoms with Crippen LogP contribution in [0.1, 0.15) is 38.2 Å². The van der Waals surface area contributed by atoms with Crippen LogP contribution in [0.3, 0.4) is 0 Å². The summed E-state index contributed by atoms with van der Waals surface area (Å²) >= 11 is 0. The second-order valence-corrected chi connectivity index (χ2v) is 8.70. The molecule has 156 valence electrons. The van der Waals surface area contributed by atoms with Crippen molar-refractivity contribution in [1.82, 2.24) is 25.3 Å². The Bertz CT molecular complexity index is 631. The number of hydrogen-bond donors (Lipinski definition) is 2. The molecule has 0 unspecified atom stereocenters. The van der Waals surface area contributed by atoms with E-state index in [9.17, 15) is 4.79 Å². The molecule has 3 fully saturated rings. The maximum Gasteiger partial charge on any atom is 0.227 e. The van der Waals surface area contributed by atoms with Gasteiger partial charge in [-0.1, -0.05) is 6.92 Å². The Kier molecular flexibility index (Phi) is 6.33. The molecule has 1 amide bonds. The van der Waals surface area contributed by atoms with Crippen LogP contribution in [0.15, 0.2) is 12.4 Å². The summed E-state index contributed by atoms with van der Waals surface area (Å²) in [6, 6.07) is 0.619. The lowest BCUT2D eigenvalue weighted by molar-refractivity contribution is -0.144. The molecule has 4 rings (SSSR count). The molecule has 3 atom stereocenters. The highest BCUT2D eigenvalue weighted by atomic mass is 16.5. The summed E-state index contributed by atoms with van der Waals surface area (Å²) in [6.45, 7) is 9.77. The highest BCUT2D eigenvalue weighted by molar-refractivity contribution is 5.83. The van der Waals surface area contributed by atoms with Gasteiger partial charge in [-0.05, 0) is 56.7 Å². The number of H-pyrrole nitrogens is 1. The van der Waals surface area contributed by atoms with E-state index in [4.69, 9.17) is 4.74 Å². The Hall–Kier alpha value is -1.44. The molecule has 0 spiro atoms. The molecule has 1 aromatic heterocycles. The predicted octanol–water partition coefficient (Wildman–Crippen LogP) is 1.28. The van der Waals surface area contributed by atoms with E-state index in [0.717, 1.165) is 83.6 Å². The molecule has 0 bridgehead atoms. The predicted molar refractivity (Wildman–Crippen MR) is 108 cm³/mol. The van der Waals surface area contributed by atoms with Crippen molar-refractivity contribution < 1.29 is 9.53 Å². The summed E-state index contributed by atoms with van der Waals surface area (Å²) in [4.78, 5) is 18.5. The minimum Gasteiger partial charge on any atom is -0.379 e. The summed E-state index contributed by atoms with van der Waals surface area (Å²) in [5.74, 6) is 0.769. The quantitative estimate of drug-likeness (QED) is 0.767. The first kappa shape index (κ1) is 19.9. The molecule has 0 aromatic carbocycles. The zero-order valence-electron chi connectivity index (χ0n) is 17.2. The SMILES string of the molecule is CCN1CC[C@@H]2C[C@@H](N3CCOCC3)CC[C@@]2(C(=O)NCCc2cn[nH]c2)C1. The van der Waals surface area contributed by atoms with E-state index in [0.29, 0.717) is 18.5 Å². The number of piperidine rings is 1. The van der Waals surface area contributed by atoms with Gasteiger partial charge in [0.2, 0.25) is 5.91 Å². The number of amides is 1. The minimum absolute atomic E-state index is 0.215. The van der Waals surface area contributed by atoms with Crippen molar-refractivity contribution in [2.75, 3.05) is 52.5 Å². The number of aromatic nitrogens is 2. The Morgan fingerprint density at radius 3 is 2.96 bits per heavy atom. The van der Waals surface area contributed by atoms with Gasteiger partial charge in [-0.15, -0.1) is 0 Å². The molecule has 1 saturated carbocycles. The number of carbonyl (C=O) groups is 1. The number of ether oxygens (including phenoxy) is 1.